The second-order valence-electron chi connectivity index (χ2n) is 8.54. The maximum absolute atomic E-state index is 13.5. The Kier molecular flexibility index (Phi) is 5.93. The zero-order chi connectivity index (χ0) is 23.7. The van der Waals surface area contributed by atoms with Gasteiger partial charge in [0.1, 0.15) is 18.0 Å². The Morgan fingerprint density at radius 2 is 1.62 bits per heavy atom. The summed E-state index contributed by atoms with van der Waals surface area (Å²) >= 11 is 0. The zero-order valence-electron chi connectivity index (χ0n) is 18.5. The van der Waals surface area contributed by atoms with E-state index in [4.69, 9.17) is 4.74 Å². The number of aryl methyl sites for hydroxylation is 1. The number of anilines is 1. The minimum Gasteiger partial charge on any atom is -0.493 e. The lowest BCUT2D eigenvalue weighted by Gasteiger charge is -2.27. The van der Waals surface area contributed by atoms with Crippen LogP contribution in [0.3, 0.4) is 0 Å². The molecule has 0 bridgehead atoms. The monoisotopic (exact) mass is 478 g/mol. The van der Waals surface area contributed by atoms with Gasteiger partial charge in [0.2, 0.25) is 5.88 Å². The van der Waals surface area contributed by atoms with Gasteiger partial charge in [-0.2, -0.15) is 8.42 Å². The Hall–Kier alpha value is -3.49. The van der Waals surface area contributed by atoms with Crippen LogP contribution in [0.25, 0.3) is 0 Å². The van der Waals surface area contributed by atoms with Gasteiger partial charge in [0.25, 0.3) is 0 Å². The molecule has 1 heterocycles. The van der Waals surface area contributed by atoms with Gasteiger partial charge in [-0.3, -0.25) is 0 Å². The third-order valence-electron chi connectivity index (χ3n) is 6.14. The molecule has 34 heavy (non-hydrogen) atoms. The maximum Gasteiger partial charge on any atom is 0.333 e. The van der Waals surface area contributed by atoms with Crippen molar-refractivity contribution >= 4 is 15.9 Å². The molecule has 8 heteroatoms. The van der Waals surface area contributed by atoms with E-state index in [0.717, 1.165) is 30.9 Å². The highest BCUT2D eigenvalue weighted by atomic mass is 32.2. The van der Waals surface area contributed by atoms with Gasteiger partial charge >= 0.3 is 10.2 Å². The molecule has 7 nitrogen and oxygen atoms in total. The van der Waals surface area contributed by atoms with Crippen molar-refractivity contribution in [3.63, 3.8) is 0 Å². The summed E-state index contributed by atoms with van der Waals surface area (Å²) in [4.78, 5) is 0. The summed E-state index contributed by atoms with van der Waals surface area (Å²) < 4.78 is 35.2. The first-order valence-corrected chi connectivity index (χ1v) is 12.6. The summed E-state index contributed by atoms with van der Waals surface area (Å²) in [5.74, 6) is 0.0249. The van der Waals surface area contributed by atoms with E-state index in [1.54, 1.807) is 6.07 Å². The predicted molar refractivity (Wildman–Crippen MR) is 129 cm³/mol. The Morgan fingerprint density at radius 3 is 2.32 bits per heavy atom. The smallest absolute Gasteiger partial charge is 0.333 e. The van der Waals surface area contributed by atoms with Crippen LogP contribution in [-0.4, -0.2) is 29.0 Å². The first kappa shape index (κ1) is 22.3. The van der Waals surface area contributed by atoms with E-state index in [0.29, 0.717) is 30.7 Å². The fraction of sp³-hybridized carbons (Fsp3) is 0.231. The molecule has 1 unspecified atom stereocenters. The van der Waals surface area contributed by atoms with Crippen molar-refractivity contribution in [3.8, 4) is 5.75 Å². The van der Waals surface area contributed by atoms with Crippen molar-refractivity contribution in [2.75, 3.05) is 4.31 Å². The molecule has 0 fully saturated rings. The largest absolute Gasteiger partial charge is 0.493 e. The molecule has 3 aromatic carbocycles. The Balaban J connectivity index is 1.51. The summed E-state index contributed by atoms with van der Waals surface area (Å²) in [7, 11) is -4.08. The third kappa shape index (κ3) is 4.34. The van der Waals surface area contributed by atoms with Crippen LogP contribution < -0.4 is 9.04 Å². The lowest BCUT2D eigenvalue weighted by atomic mass is 9.89. The highest BCUT2D eigenvalue weighted by molar-refractivity contribution is 7.91. The van der Waals surface area contributed by atoms with Crippen LogP contribution in [0, 0.1) is 0 Å². The van der Waals surface area contributed by atoms with Gasteiger partial charge in [0.05, 0.1) is 18.8 Å². The number of nitrogens with zero attached hydrogens (tertiary/aromatic N) is 2. The molecule has 1 aliphatic heterocycles. The number of hydrogen-bond donors (Lipinski definition) is 2. The van der Waals surface area contributed by atoms with Gasteiger partial charge in [0.15, 0.2) is 0 Å². The molecule has 5 rings (SSSR count). The number of aliphatic hydroxyl groups excluding tert-OH is 2. The molecule has 1 atom stereocenters. The van der Waals surface area contributed by atoms with Crippen molar-refractivity contribution in [2.45, 2.75) is 38.5 Å². The summed E-state index contributed by atoms with van der Waals surface area (Å²) in [5.41, 5.74) is 3.95. The maximum atomic E-state index is 13.5. The fourth-order valence-corrected chi connectivity index (χ4v) is 5.77. The number of benzene rings is 3. The topological polar surface area (TPSA) is 90.3 Å². The van der Waals surface area contributed by atoms with E-state index in [1.165, 1.54) is 6.20 Å². The van der Waals surface area contributed by atoms with Crippen LogP contribution in [0.2, 0.25) is 0 Å². The Labute approximate surface area is 199 Å². The van der Waals surface area contributed by atoms with Crippen molar-refractivity contribution in [2.24, 2.45) is 0 Å². The SMILES string of the molecule is O=S1(=O)N(Cc2ccccc2)C(O)=CN1c1cc2c(cc1OCc1ccccc1)CC(O)CC2. The van der Waals surface area contributed by atoms with E-state index in [9.17, 15) is 18.6 Å². The van der Waals surface area contributed by atoms with Crippen LogP contribution in [0.1, 0.15) is 28.7 Å². The minimum atomic E-state index is -4.08. The highest BCUT2D eigenvalue weighted by Gasteiger charge is 2.39. The van der Waals surface area contributed by atoms with Gasteiger partial charge in [-0.05, 0) is 53.6 Å². The average Bonchev–Trinajstić information content (AvgIpc) is 3.06. The lowest BCUT2D eigenvalue weighted by Crippen LogP contribution is -2.34. The van der Waals surface area contributed by atoms with Crippen LogP contribution >= 0.6 is 0 Å². The van der Waals surface area contributed by atoms with Crippen molar-refractivity contribution in [1.82, 2.24) is 4.31 Å². The third-order valence-corrected chi connectivity index (χ3v) is 7.81. The van der Waals surface area contributed by atoms with Crippen LogP contribution in [0.15, 0.2) is 84.9 Å². The minimum absolute atomic E-state index is 0.0132. The molecule has 2 aliphatic rings. The van der Waals surface area contributed by atoms with Crippen LogP contribution in [0.5, 0.6) is 5.75 Å². The standard InChI is InChI=1S/C26H26N2O5S/c29-23-12-11-21-14-24(25(15-22(21)13-23)33-18-20-9-5-2-6-10-20)27-17-26(30)28(34(27,31)32)16-19-7-3-1-4-8-19/h1-10,14-15,17,23,29-30H,11-13,16,18H2. The molecule has 0 aromatic heterocycles. The zero-order valence-corrected chi connectivity index (χ0v) is 19.4. The van der Waals surface area contributed by atoms with Gasteiger partial charge in [-0.15, -0.1) is 0 Å². The molecule has 0 radical (unpaired) electrons. The summed E-state index contributed by atoms with van der Waals surface area (Å²) in [6.45, 7) is 0.270. The molecule has 0 amide bonds. The normalized spacial score (nSPS) is 19.0. The summed E-state index contributed by atoms with van der Waals surface area (Å²) in [6.07, 6.45) is 2.53. The molecular formula is C26H26N2O5S. The van der Waals surface area contributed by atoms with Gasteiger partial charge in [0, 0.05) is 0 Å². The summed E-state index contributed by atoms with van der Waals surface area (Å²) in [5, 5.41) is 20.7. The molecule has 0 spiro atoms. The van der Waals surface area contributed by atoms with E-state index in [1.807, 2.05) is 66.7 Å². The van der Waals surface area contributed by atoms with Gasteiger partial charge in [-0.25, -0.2) is 8.61 Å². The van der Waals surface area contributed by atoms with E-state index in [-0.39, 0.29) is 19.0 Å². The number of hydrogen-bond acceptors (Lipinski definition) is 5. The molecule has 3 aromatic rings. The van der Waals surface area contributed by atoms with E-state index >= 15 is 0 Å². The lowest BCUT2D eigenvalue weighted by molar-refractivity contribution is 0.158. The second kappa shape index (κ2) is 9.04. The molecule has 0 saturated carbocycles. The summed E-state index contributed by atoms with van der Waals surface area (Å²) in [6, 6.07) is 22.3. The quantitative estimate of drug-likeness (QED) is 0.558. The number of rotatable bonds is 6. The Bertz CT molecular complexity index is 1310. The van der Waals surface area contributed by atoms with Crippen LogP contribution in [-0.2, 0) is 36.2 Å². The first-order chi connectivity index (χ1) is 16.4. The second-order valence-corrected chi connectivity index (χ2v) is 10.3. The molecular weight excluding hydrogens is 452 g/mol. The number of fused-ring (bicyclic) bond motifs is 1. The molecule has 176 valence electrons. The first-order valence-electron chi connectivity index (χ1n) is 11.2. The average molecular weight is 479 g/mol. The molecule has 1 aliphatic carbocycles. The van der Waals surface area contributed by atoms with Crippen molar-refractivity contribution in [3.05, 3.63) is 107 Å². The number of ether oxygens (including phenoxy) is 1. The fourth-order valence-electron chi connectivity index (χ4n) is 4.34. The van der Waals surface area contributed by atoms with Crippen molar-refractivity contribution < 1.29 is 23.4 Å². The van der Waals surface area contributed by atoms with E-state index in [2.05, 4.69) is 0 Å². The molecule has 0 saturated heterocycles. The highest BCUT2D eigenvalue weighted by Crippen LogP contribution is 2.40. The van der Waals surface area contributed by atoms with Gasteiger partial charge < -0.3 is 14.9 Å². The van der Waals surface area contributed by atoms with E-state index < -0.39 is 16.3 Å². The molecule has 2 N–H and O–H groups in total. The predicted octanol–water partition coefficient (Wildman–Crippen LogP) is 4.04. The van der Waals surface area contributed by atoms with Crippen LogP contribution in [0.4, 0.5) is 5.69 Å². The number of aliphatic hydroxyl groups is 2. The van der Waals surface area contributed by atoms with Crippen molar-refractivity contribution in [1.29, 1.82) is 0 Å². The Morgan fingerprint density at radius 1 is 0.941 bits per heavy atom. The van der Waals surface area contributed by atoms with Gasteiger partial charge in [-0.1, -0.05) is 60.7 Å².